The zero-order valence-corrected chi connectivity index (χ0v) is 12.5. The quantitative estimate of drug-likeness (QED) is 0.495. The molecule has 0 saturated carbocycles. The molecule has 0 aliphatic rings. The summed E-state index contributed by atoms with van der Waals surface area (Å²) in [4.78, 5) is 2.02. The van der Waals surface area contributed by atoms with E-state index in [1.165, 1.54) is 12.1 Å². The minimum absolute atomic E-state index is 0.251. The van der Waals surface area contributed by atoms with E-state index >= 15 is 0 Å². The maximum atomic E-state index is 12.8. The number of benzene rings is 2. The van der Waals surface area contributed by atoms with E-state index in [4.69, 9.17) is 0 Å². The van der Waals surface area contributed by atoms with Crippen LogP contribution in [-0.4, -0.2) is 11.8 Å². The van der Waals surface area contributed by atoms with E-state index in [2.05, 4.69) is 37.1 Å². The maximum absolute atomic E-state index is 12.8. The standard InChI is InChI=1S/C16H14FNS2/c17-15-7-3-13(4-8-15)1-2-14-5-9-16(10-6-14)18(11-19)12-20/h3-10,19-20H,11-12H2. The van der Waals surface area contributed by atoms with Crippen LogP contribution < -0.4 is 4.90 Å². The van der Waals surface area contributed by atoms with Crippen LogP contribution >= 0.6 is 25.3 Å². The molecule has 0 bridgehead atoms. The topological polar surface area (TPSA) is 3.24 Å². The Balaban J connectivity index is 2.13. The number of thiol groups is 2. The zero-order chi connectivity index (χ0) is 14.4. The summed E-state index contributed by atoms with van der Waals surface area (Å²) in [5.74, 6) is 7.04. The van der Waals surface area contributed by atoms with Crippen molar-refractivity contribution < 1.29 is 4.39 Å². The van der Waals surface area contributed by atoms with Gasteiger partial charge in [-0.2, -0.15) is 25.3 Å². The van der Waals surface area contributed by atoms with E-state index in [9.17, 15) is 4.39 Å². The number of nitrogens with zero attached hydrogens (tertiary/aromatic N) is 1. The molecule has 2 rings (SSSR count). The molecule has 0 fully saturated rings. The summed E-state index contributed by atoms with van der Waals surface area (Å²) < 4.78 is 12.8. The Kier molecular flexibility index (Phi) is 5.40. The SMILES string of the molecule is Fc1ccc(C#Cc2ccc(N(CS)CS)cc2)cc1. The Morgan fingerprint density at radius 3 is 1.70 bits per heavy atom. The Labute approximate surface area is 129 Å². The van der Waals surface area contributed by atoms with Gasteiger partial charge < -0.3 is 4.90 Å². The first-order valence-electron chi connectivity index (χ1n) is 6.07. The summed E-state index contributed by atoms with van der Waals surface area (Å²) in [6.07, 6.45) is 0. The molecule has 0 saturated heterocycles. The van der Waals surface area contributed by atoms with Crippen molar-refractivity contribution in [3.63, 3.8) is 0 Å². The van der Waals surface area contributed by atoms with E-state index < -0.39 is 0 Å². The van der Waals surface area contributed by atoms with Gasteiger partial charge in [0, 0.05) is 16.8 Å². The van der Waals surface area contributed by atoms with Crippen LogP contribution in [0.15, 0.2) is 48.5 Å². The number of hydrogen-bond donors (Lipinski definition) is 2. The van der Waals surface area contributed by atoms with E-state index in [0.29, 0.717) is 11.8 Å². The van der Waals surface area contributed by atoms with Crippen LogP contribution in [0.5, 0.6) is 0 Å². The molecule has 0 aromatic heterocycles. The van der Waals surface area contributed by atoms with Crippen molar-refractivity contribution in [2.45, 2.75) is 0 Å². The fraction of sp³-hybridized carbons (Fsp3) is 0.125. The summed E-state index contributed by atoms with van der Waals surface area (Å²) in [5.41, 5.74) is 2.77. The highest BCUT2D eigenvalue weighted by Gasteiger charge is 2.00. The third kappa shape index (κ3) is 3.96. The maximum Gasteiger partial charge on any atom is 0.123 e. The smallest absolute Gasteiger partial charge is 0.123 e. The van der Waals surface area contributed by atoms with E-state index in [-0.39, 0.29) is 5.82 Å². The molecule has 0 aliphatic heterocycles. The lowest BCUT2D eigenvalue weighted by atomic mass is 10.1. The van der Waals surface area contributed by atoms with Crippen molar-refractivity contribution in [2.24, 2.45) is 0 Å². The highest BCUT2D eigenvalue weighted by molar-refractivity contribution is 7.81. The summed E-state index contributed by atoms with van der Waals surface area (Å²) in [6.45, 7) is 0. The van der Waals surface area contributed by atoms with Crippen LogP contribution in [0.4, 0.5) is 10.1 Å². The molecule has 2 aromatic rings. The molecule has 102 valence electrons. The van der Waals surface area contributed by atoms with Gasteiger partial charge in [0.05, 0.1) is 11.8 Å². The van der Waals surface area contributed by atoms with E-state index in [1.54, 1.807) is 12.1 Å². The van der Waals surface area contributed by atoms with Gasteiger partial charge in [0.1, 0.15) is 5.82 Å². The largest absolute Gasteiger partial charge is 0.354 e. The first kappa shape index (κ1) is 14.8. The van der Waals surface area contributed by atoms with Crippen LogP contribution in [-0.2, 0) is 0 Å². The second-order valence-corrected chi connectivity index (χ2v) is 4.69. The molecule has 0 N–H and O–H groups in total. The lowest BCUT2D eigenvalue weighted by Crippen LogP contribution is -2.18. The van der Waals surface area contributed by atoms with Crippen molar-refractivity contribution in [1.82, 2.24) is 0 Å². The van der Waals surface area contributed by atoms with Crippen LogP contribution in [0.2, 0.25) is 0 Å². The molecule has 0 radical (unpaired) electrons. The molecule has 2 aromatic carbocycles. The molecule has 0 atom stereocenters. The van der Waals surface area contributed by atoms with Gasteiger partial charge in [-0.3, -0.25) is 0 Å². The van der Waals surface area contributed by atoms with Gasteiger partial charge in [0.25, 0.3) is 0 Å². The van der Waals surface area contributed by atoms with Crippen molar-refractivity contribution in [1.29, 1.82) is 0 Å². The average molecular weight is 303 g/mol. The van der Waals surface area contributed by atoms with E-state index in [1.807, 2.05) is 29.2 Å². The van der Waals surface area contributed by atoms with Crippen molar-refractivity contribution in [2.75, 3.05) is 16.7 Å². The summed E-state index contributed by atoms with van der Waals surface area (Å²) in [6, 6.07) is 14.0. The van der Waals surface area contributed by atoms with Crippen LogP contribution in [0.1, 0.15) is 11.1 Å². The molecule has 0 heterocycles. The van der Waals surface area contributed by atoms with Gasteiger partial charge in [0.2, 0.25) is 0 Å². The van der Waals surface area contributed by atoms with Gasteiger partial charge in [0.15, 0.2) is 0 Å². The summed E-state index contributed by atoms with van der Waals surface area (Å²) in [5, 5.41) is 0. The highest BCUT2D eigenvalue weighted by Crippen LogP contribution is 2.16. The van der Waals surface area contributed by atoms with Crippen molar-refractivity contribution in [3.05, 3.63) is 65.5 Å². The van der Waals surface area contributed by atoms with Gasteiger partial charge in [-0.25, -0.2) is 4.39 Å². The molecule has 0 aliphatic carbocycles. The Bertz CT molecular complexity index is 608. The molecular weight excluding hydrogens is 289 g/mol. The Hall–Kier alpha value is -1.57. The van der Waals surface area contributed by atoms with E-state index in [0.717, 1.165) is 16.8 Å². The third-order valence-corrected chi connectivity index (χ3v) is 3.45. The first-order chi connectivity index (χ1) is 9.72. The fourth-order valence-electron chi connectivity index (χ4n) is 1.64. The van der Waals surface area contributed by atoms with Gasteiger partial charge >= 0.3 is 0 Å². The lowest BCUT2D eigenvalue weighted by molar-refractivity contribution is 0.627. The second-order valence-electron chi connectivity index (χ2n) is 4.13. The number of rotatable bonds is 3. The number of anilines is 1. The van der Waals surface area contributed by atoms with Gasteiger partial charge in [-0.05, 0) is 48.5 Å². The fourth-order valence-corrected chi connectivity index (χ4v) is 2.33. The highest BCUT2D eigenvalue weighted by atomic mass is 32.1. The number of hydrogen-bond acceptors (Lipinski definition) is 3. The minimum Gasteiger partial charge on any atom is -0.354 e. The molecule has 1 nitrogen and oxygen atoms in total. The predicted molar refractivity (Wildman–Crippen MR) is 89.0 cm³/mol. The minimum atomic E-state index is -0.251. The average Bonchev–Trinajstić information content (AvgIpc) is 2.49. The van der Waals surface area contributed by atoms with Crippen LogP contribution in [0, 0.1) is 17.7 Å². The van der Waals surface area contributed by atoms with Crippen LogP contribution in [0.3, 0.4) is 0 Å². The molecular formula is C16H14FNS2. The van der Waals surface area contributed by atoms with Crippen molar-refractivity contribution in [3.8, 4) is 11.8 Å². The monoisotopic (exact) mass is 303 g/mol. The first-order valence-corrected chi connectivity index (χ1v) is 7.34. The molecule has 20 heavy (non-hydrogen) atoms. The summed E-state index contributed by atoms with van der Waals surface area (Å²) >= 11 is 8.50. The Morgan fingerprint density at radius 1 is 0.800 bits per heavy atom. The Morgan fingerprint density at radius 2 is 1.25 bits per heavy atom. The molecule has 0 spiro atoms. The lowest BCUT2D eigenvalue weighted by Gasteiger charge is -2.19. The number of halogens is 1. The molecule has 4 heteroatoms. The normalized spacial score (nSPS) is 9.75. The molecule has 0 amide bonds. The second kappa shape index (κ2) is 7.28. The van der Waals surface area contributed by atoms with Crippen molar-refractivity contribution >= 4 is 30.9 Å². The summed E-state index contributed by atoms with van der Waals surface area (Å²) in [7, 11) is 0. The third-order valence-electron chi connectivity index (χ3n) is 2.77. The van der Waals surface area contributed by atoms with Gasteiger partial charge in [-0.15, -0.1) is 0 Å². The zero-order valence-electron chi connectivity index (χ0n) is 10.8. The predicted octanol–water partition coefficient (Wildman–Crippen LogP) is 3.81. The van der Waals surface area contributed by atoms with Crippen LogP contribution in [0.25, 0.3) is 0 Å². The molecule has 0 unspecified atom stereocenters. The van der Waals surface area contributed by atoms with Gasteiger partial charge in [-0.1, -0.05) is 11.8 Å².